The summed E-state index contributed by atoms with van der Waals surface area (Å²) in [5.74, 6) is 0.607. The molecule has 0 radical (unpaired) electrons. The maximum atomic E-state index is 13.6. The number of benzene rings is 3. The van der Waals surface area contributed by atoms with Crippen molar-refractivity contribution in [3.05, 3.63) is 115 Å². The number of halogens is 2. The Bertz CT molecular complexity index is 1600. The summed E-state index contributed by atoms with van der Waals surface area (Å²) in [5.41, 5.74) is 14.8. The molecule has 1 aliphatic heterocycles. The van der Waals surface area contributed by atoms with E-state index in [0.717, 1.165) is 22.6 Å². The van der Waals surface area contributed by atoms with E-state index in [1.807, 2.05) is 13.0 Å². The lowest BCUT2D eigenvalue weighted by Gasteiger charge is -2.40. The summed E-state index contributed by atoms with van der Waals surface area (Å²) in [6.07, 6.45) is 1.82. The maximum Gasteiger partial charge on any atom is 0.161 e. The number of Topliss-reactive ketones (excluding diaryl/α,β-unsaturated/α-hetero) is 1. The number of anilines is 1. The maximum absolute atomic E-state index is 13.6. The van der Waals surface area contributed by atoms with Crippen molar-refractivity contribution in [3.63, 3.8) is 0 Å². The van der Waals surface area contributed by atoms with E-state index < -0.39 is 5.92 Å². The second kappa shape index (κ2) is 11.1. The van der Waals surface area contributed by atoms with Crippen molar-refractivity contribution >= 4 is 46.4 Å². The Balaban J connectivity index is 1.65. The first-order valence-electron chi connectivity index (χ1n) is 12.9. The quantitative estimate of drug-likeness (QED) is 0.310. The van der Waals surface area contributed by atoms with Crippen molar-refractivity contribution in [2.24, 2.45) is 5.73 Å². The van der Waals surface area contributed by atoms with Gasteiger partial charge in [-0.3, -0.25) is 9.69 Å². The van der Waals surface area contributed by atoms with Crippen LogP contribution in [0.5, 0.6) is 0 Å². The number of hydrogen-bond acceptors (Lipinski definition) is 5. The third-order valence-electron chi connectivity index (χ3n) is 7.58. The summed E-state index contributed by atoms with van der Waals surface area (Å²) in [5, 5.41) is 11.4. The molecule has 1 aliphatic carbocycles. The highest BCUT2D eigenvalue weighted by Crippen LogP contribution is 2.48. The Kier molecular flexibility index (Phi) is 7.82. The Morgan fingerprint density at radius 2 is 1.79 bits per heavy atom. The third-order valence-corrected chi connectivity index (χ3v) is 9.34. The van der Waals surface area contributed by atoms with Gasteiger partial charge in [-0.25, -0.2) is 0 Å². The Morgan fingerprint density at radius 3 is 2.51 bits per heavy atom. The van der Waals surface area contributed by atoms with Crippen molar-refractivity contribution < 1.29 is 4.79 Å². The molecule has 2 aliphatic rings. The minimum absolute atomic E-state index is 0.0485. The molecule has 1 heterocycles. The van der Waals surface area contributed by atoms with E-state index in [-0.39, 0.29) is 5.78 Å². The SMILES string of the molecule is Cc1cc(C)c(C2C(C#N)=C(N)N(c3ccc(Cl)cc3Cl)C3=C2C(=O)CCC3)cc1CSc1ccccc1C. The van der Waals surface area contributed by atoms with Crippen LogP contribution in [-0.2, 0) is 10.5 Å². The molecule has 0 aromatic heterocycles. The van der Waals surface area contributed by atoms with E-state index in [2.05, 4.69) is 50.2 Å². The number of nitrogens with two attached hydrogens (primary N) is 1. The van der Waals surface area contributed by atoms with Gasteiger partial charge in [0.25, 0.3) is 0 Å². The first kappa shape index (κ1) is 27.4. The monoisotopic (exact) mass is 573 g/mol. The van der Waals surface area contributed by atoms with Crippen LogP contribution < -0.4 is 10.6 Å². The number of aryl methyl sites for hydroxylation is 3. The van der Waals surface area contributed by atoms with E-state index in [0.29, 0.717) is 52.0 Å². The summed E-state index contributed by atoms with van der Waals surface area (Å²) in [6, 6.07) is 20.2. The van der Waals surface area contributed by atoms with Gasteiger partial charge < -0.3 is 5.73 Å². The number of carbonyl (C=O) groups excluding carboxylic acids is 1. The minimum atomic E-state index is -0.525. The molecule has 3 aromatic rings. The van der Waals surface area contributed by atoms with Crippen molar-refractivity contribution in [1.29, 1.82) is 5.26 Å². The van der Waals surface area contributed by atoms with Gasteiger partial charge in [0.15, 0.2) is 5.78 Å². The zero-order valence-electron chi connectivity index (χ0n) is 22.1. The second-order valence-electron chi connectivity index (χ2n) is 10.1. The molecule has 1 atom stereocenters. The highest BCUT2D eigenvalue weighted by atomic mass is 35.5. The van der Waals surface area contributed by atoms with Crippen molar-refractivity contribution in [2.75, 3.05) is 4.90 Å². The smallest absolute Gasteiger partial charge is 0.161 e. The summed E-state index contributed by atoms with van der Waals surface area (Å²) >= 11 is 14.6. The van der Waals surface area contributed by atoms with Crippen LogP contribution >= 0.6 is 35.0 Å². The van der Waals surface area contributed by atoms with E-state index >= 15 is 0 Å². The predicted octanol–water partition coefficient (Wildman–Crippen LogP) is 8.52. The molecule has 0 saturated carbocycles. The molecule has 0 amide bonds. The van der Waals surface area contributed by atoms with Crippen LogP contribution in [0.1, 0.15) is 53.0 Å². The molecule has 2 N–H and O–H groups in total. The predicted molar refractivity (Wildman–Crippen MR) is 161 cm³/mol. The zero-order chi connectivity index (χ0) is 27.8. The van der Waals surface area contributed by atoms with Crippen LogP contribution in [0.2, 0.25) is 10.0 Å². The van der Waals surface area contributed by atoms with Crippen LogP contribution in [0.25, 0.3) is 0 Å². The standard InChI is InChI=1S/C32H29Cl2N3OS/c1-18-7-4-5-10-29(18)39-17-21-14-23(20(3)13-19(21)2)30-24(16-35)32(36)37(26-12-11-22(33)15-25(26)34)27-8-6-9-28(38)31(27)30/h4-5,7,10-15,30H,6,8-9,17,36H2,1-3H3. The molecule has 0 saturated heterocycles. The fraction of sp³-hybridized carbons (Fsp3) is 0.250. The molecule has 5 rings (SSSR count). The van der Waals surface area contributed by atoms with E-state index in [4.69, 9.17) is 28.9 Å². The van der Waals surface area contributed by atoms with Gasteiger partial charge in [-0.05, 0) is 85.7 Å². The number of thioether (sulfide) groups is 1. The fourth-order valence-corrected chi connectivity index (χ4v) is 7.18. The van der Waals surface area contributed by atoms with Crippen molar-refractivity contribution in [3.8, 4) is 6.07 Å². The minimum Gasteiger partial charge on any atom is -0.384 e. The van der Waals surface area contributed by atoms with Crippen LogP contribution in [-0.4, -0.2) is 5.78 Å². The molecule has 4 nitrogen and oxygen atoms in total. The van der Waals surface area contributed by atoms with Gasteiger partial charge in [0.05, 0.1) is 28.3 Å². The summed E-state index contributed by atoms with van der Waals surface area (Å²) in [7, 11) is 0. The molecule has 39 heavy (non-hydrogen) atoms. The number of rotatable bonds is 5. The Hall–Kier alpha value is -3.17. The van der Waals surface area contributed by atoms with Gasteiger partial charge in [-0.1, -0.05) is 53.5 Å². The van der Waals surface area contributed by atoms with Gasteiger partial charge in [-0.2, -0.15) is 5.26 Å². The lowest BCUT2D eigenvalue weighted by atomic mass is 9.74. The zero-order valence-corrected chi connectivity index (χ0v) is 24.5. The number of nitrogens with zero attached hydrogens (tertiary/aromatic N) is 2. The molecular formula is C32H29Cl2N3OS. The molecule has 0 spiro atoms. The Morgan fingerprint density at radius 1 is 1.03 bits per heavy atom. The normalized spacial score (nSPS) is 17.4. The first-order valence-corrected chi connectivity index (χ1v) is 14.6. The highest BCUT2D eigenvalue weighted by Gasteiger charge is 2.41. The van der Waals surface area contributed by atoms with Gasteiger partial charge >= 0.3 is 0 Å². The average molecular weight is 575 g/mol. The molecule has 0 fully saturated rings. The van der Waals surface area contributed by atoms with Crippen molar-refractivity contribution in [2.45, 2.75) is 56.6 Å². The third kappa shape index (κ3) is 5.10. The molecule has 198 valence electrons. The van der Waals surface area contributed by atoms with E-state index in [9.17, 15) is 10.1 Å². The summed E-state index contributed by atoms with van der Waals surface area (Å²) in [4.78, 5) is 16.6. The topological polar surface area (TPSA) is 70.1 Å². The lowest BCUT2D eigenvalue weighted by Crippen LogP contribution is -2.39. The average Bonchev–Trinajstić information content (AvgIpc) is 2.89. The van der Waals surface area contributed by atoms with Gasteiger partial charge in [0, 0.05) is 33.4 Å². The molecule has 1 unspecified atom stereocenters. The summed E-state index contributed by atoms with van der Waals surface area (Å²) < 4.78 is 0. The van der Waals surface area contributed by atoms with Gasteiger partial charge in [-0.15, -0.1) is 11.8 Å². The lowest BCUT2D eigenvalue weighted by molar-refractivity contribution is -0.116. The largest absolute Gasteiger partial charge is 0.384 e. The number of carbonyl (C=O) groups is 1. The second-order valence-corrected chi connectivity index (χ2v) is 12.0. The number of ketones is 1. The number of nitriles is 1. The van der Waals surface area contributed by atoms with Crippen LogP contribution in [0.15, 0.2) is 82.2 Å². The highest BCUT2D eigenvalue weighted by molar-refractivity contribution is 7.98. The van der Waals surface area contributed by atoms with Gasteiger partial charge in [0.2, 0.25) is 0 Å². The van der Waals surface area contributed by atoms with Crippen LogP contribution in [0, 0.1) is 32.1 Å². The molecule has 0 bridgehead atoms. The molecular weight excluding hydrogens is 545 g/mol. The van der Waals surface area contributed by atoms with Crippen LogP contribution in [0.4, 0.5) is 5.69 Å². The number of hydrogen-bond donors (Lipinski definition) is 1. The van der Waals surface area contributed by atoms with E-state index in [1.165, 1.54) is 21.6 Å². The van der Waals surface area contributed by atoms with Crippen LogP contribution in [0.3, 0.4) is 0 Å². The molecule has 3 aromatic carbocycles. The molecule has 7 heteroatoms. The Labute approximate surface area is 244 Å². The number of allylic oxidation sites excluding steroid dienone is 3. The summed E-state index contributed by atoms with van der Waals surface area (Å²) in [6.45, 7) is 6.27. The first-order chi connectivity index (χ1) is 18.7. The fourth-order valence-electron chi connectivity index (χ4n) is 5.59. The van der Waals surface area contributed by atoms with E-state index in [1.54, 1.807) is 34.9 Å². The van der Waals surface area contributed by atoms with Crippen molar-refractivity contribution in [1.82, 2.24) is 0 Å². The van der Waals surface area contributed by atoms with Gasteiger partial charge in [0.1, 0.15) is 5.82 Å².